The minimum Gasteiger partial charge on any atom is -0.465 e. The van der Waals surface area contributed by atoms with Crippen LogP contribution in [0.1, 0.15) is 41.5 Å². The molecule has 94 valence electrons. The van der Waals surface area contributed by atoms with Crippen LogP contribution in [0, 0.1) is 6.92 Å². The highest BCUT2D eigenvalue weighted by Gasteiger charge is 2.19. The molecule has 1 unspecified atom stereocenters. The molecule has 1 aliphatic carbocycles. The van der Waals surface area contributed by atoms with Crippen molar-refractivity contribution in [3.63, 3.8) is 0 Å². The fraction of sp³-hybridized carbons (Fsp3) is 0.375. The van der Waals surface area contributed by atoms with Crippen LogP contribution in [-0.2, 0) is 13.0 Å². The van der Waals surface area contributed by atoms with Crippen LogP contribution in [0.25, 0.3) is 0 Å². The largest absolute Gasteiger partial charge is 0.465 e. The molecule has 18 heavy (non-hydrogen) atoms. The van der Waals surface area contributed by atoms with Crippen LogP contribution in [0.2, 0.25) is 0 Å². The van der Waals surface area contributed by atoms with Gasteiger partial charge in [0, 0.05) is 6.04 Å². The summed E-state index contributed by atoms with van der Waals surface area (Å²) in [5.74, 6) is 2.01. The lowest BCUT2D eigenvalue weighted by Gasteiger charge is -2.26. The first-order valence-corrected chi connectivity index (χ1v) is 6.69. The van der Waals surface area contributed by atoms with Gasteiger partial charge in [-0.2, -0.15) is 0 Å². The van der Waals surface area contributed by atoms with E-state index in [1.165, 1.54) is 30.4 Å². The maximum atomic E-state index is 5.60. The first-order valence-electron chi connectivity index (χ1n) is 6.69. The van der Waals surface area contributed by atoms with Crippen LogP contribution < -0.4 is 5.32 Å². The highest BCUT2D eigenvalue weighted by Crippen LogP contribution is 2.29. The Balaban J connectivity index is 1.71. The van der Waals surface area contributed by atoms with Crippen molar-refractivity contribution in [2.75, 3.05) is 0 Å². The molecular weight excluding hydrogens is 222 g/mol. The van der Waals surface area contributed by atoms with Gasteiger partial charge in [0.2, 0.25) is 0 Å². The van der Waals surface area contributed by atoms with Gasteiger partial charge in [-0.15, -0.1) is 0 Å². The van der Waals surface area contributed by atoms with Gasteiger partial charge in [0.25, 0.3) is 0 Å². The third-order valence-electron chi connectivity index (χ3n) is 3.69. The molecule has 0 radical (unpaired) electrons. The van der Waals surface area contributed by atoms with Crippen LogP contribution in [0.4, 0.5) is 0 Å². The zero-order valence-electron chi connectivity index (χ0n) is 10.8. The summed E-state index contributed by atoms with van der Waals surface area (Å²) in [6, 6.07) is 13.3. The molecular formula is C16H19NO. The summed E-state index contributed by atoms with van der Waals surface area (Å²) in [7, 11) is 0. The zero-order chi connectivity index (χ0) is 12.4. The molecule has 0 amide bonds. The number of rotatable bonds is 3. The topological polar surface area (TPSA) is 25.2 Å². The molecule has 1 aromatic carbocycles. The summed E-state index contributed by atoms with van der Waals surface area (Å²) in [6.07, 6.45) is 3.71. The maximum Gasteiger partial charge on any atom is 0.117 e. The Kier molecular flexibility index (Phi) is 3.20. The lowest BCUT2D eigenvalue weighted by molar-refractivity contribution is 0.409. The Morgan fingerprint density at radius 2 is 2.11 bits per heavy atom. The van der Waals surface area contributed by atoms with Crippen molar-refractivity contribution in [2.24, 2.45) is 0 Å². The molecule has 2 nitrogen and oxygen atoms in total. The number of fused-ring (bicyclic) bond motifs is 1. The fourth-order valence-electron chi connectivity index (χ4n) is 2.77. The second-order valence-electron chi connectivity index (χ2n) is 5.04. The SMILES string of the molecule is Cc1ccc(CNC2CCCc3ccccc32)o1. The molecule has 0 bridgehead atoms. The van der Waals surface area contributed by atoms with Gasteiger partial charge in [-0.3, -0.25) is 0 Å². The minimum atomic E-state index is 0.473. The molecule has 2 heteroatoms. The standard InChI is InChI=1S/C16H19NO/c1-12-9-10-14(18-12)11-17-16-8-4-6-13-5-2-3-7-15(13)16/h2-3,5,7,9-10,16-17H,4,6,8,11H2,1H3. The maximum absolute atomic E-state index is 5.60. The molecule has 1 N–H and O–H groups in total. The van der Waals surface area contributed by atoms with E-state index in [0.29, 0.717) is 6.04 Å². The predicted octanol–water partition coefficient (Wildman–Crippen LogP) is 3.76. The number of furan rings is 1. The highest BCUT2D eigenvalue weighted by atomic mass is 16.3. The van der Waals surface area contributed by atoms with Crippen molar-refractivity contribution in [2.45, 2.75) is 38.8 Å². The number of benzene rings is 1. The van der Waals surface area contributed by atoms with Gasteiger partial charge >= 0.3 is 0 Å². The third kappa shape index (κ3) is 2.34. The molecule has 0 saturated carbocycles. The van der Waals surface area contributed by atoms with Crippen molar-refractivity contribution in [3.8, 4) is 0 Å². The normalized spacial score (nSPS) is 18.6. The Labute approximate surface area is 108 Å². The summed E-state index contributed by atoms with van der Waals surface area (Å²) < 4.78 is 5.60. The van der Waals surface area contributed by atoms with Crippen molar-refractivity contribution < 1.29 is 4.42 Å². The first kappa shape index (κ1) is 11.5. The molecule has 0 saturated heterocycles. The summed E-state index contributed by atoms with van der Waals surface area (Å²) in [5.41, 5.74) is 2.96. The molecule has 0 fully saturated rings. The Morgan fingerprint density at radius 1 is 1.22 bits per heavy atom. The summed E-state index contributed by atoms with van der Waals surface area (Å²) in [6.45, 7) is 2.80. The summed E-state index contributed by atoms with van der Waals surface area (Å²) in [5, 5.41) is 3.61. The van der Waals surface area contributed by atoms with E-state index in [4.69, 9.17) is 4.42 Å². The van der Waals surface area contributed by atoms with Gasteiger partial charge in [-0.1, -0.05) is 24.3 Å². The third-order valence-corrected chi connectivity index (χ3v) is 3.69. The summed E-state index contributed by atoms with van der Waals surface area (Å²) >= 11 is 0. The van der Waals surface area contributed by atoms with Gasteiger partial charge in [0.15, 0.2) is 0 Å². The van der Waals surface area contributed by atoms with Gasteiger partial charge < -0.3 is 9.73 Å². The van der Waals surface area contributed by atoms with Crippen LogP contribution >= 0.6 is 0 Å². The molecule has 1 aliphatic rings. The molecule has 3 rings (SSSR count). The van der Waals surface area contributed by atoms with Gasteiger partial charge in [-0.25, -0.2) is 0 Å². The van der Waals surface area contributed by atoms with Gasteiger partial charge in [0.1, 0.15) is 11.5 Å². The monoisotopic (exact) mass is 241 g/mol. The molecule has 1 aromatic heterocycles. The van der Waals surface area contributed by atoms with E-state index in [9.17, 15) is 0 Å². The van der Waals surface area contributed by atoms with Crippen molar-refractivity contribution in [1.82, 2.24) is 5.32 Å². The molecule has 1 heterocycles. The van der Waals surface area contributed by atoms with E-state index in [0.717, 1.165) is 18.1 Å². The van der Waals surface area contributed by atoms with Crippen molar-refractivity contribution in [3.05, 3.63) is 59.0 Å². The van der Waals surface area contributed by atoms with E-state index >= 15 is 0 Å². The van der Waals surface area contributed by atoms with Crippen LogP contribution in [0.5, 0.6) is 0 Å². The van der Waals surface area contributed by atoms with Gasteiger partial charge in [0.05, 0.1) is 6.54 Å². The van der Waals surface area contributed by atoms with E-state index < -0.39 is 0 Å². The highest BCUT2D eigenvalue weighted by molar-refractivity contribution is 5.32. The molecule has 2 aromatic rings. The smallest absolute Gasteiger partial charge is 0.117 e. The summed E-state index contributed by atoms with van der Waals surface area (Å²) in [4.78, 5) is 0. The lowest BCUT2D eigenvalue weighted by Crippen LogP contribution is -2.24. The number of hydrogen-bond donors (Lipinski definition) is 1. The van der Waals surface area contributed by atoms with Crippen LogP contribution in [0.15, 0.2) is 40.8 Å². The Hall–Kier alpha value is -1.54. The fourth-order valence-corrected chi connectivity index (χ4v) is 2.77. The second kappa shape index (κ2) is 4.99. The lowest BCUT2D eigenvalue weighted by atomic mass is 9.88. The zero-order valence-corrected chi connectivity index (χ0v) is 10.8. The molecule has 0 spiro atoms. The quantitative estimate of drug-likeness (QED) is 0.885. The van der Waals surface area contributed by atoms with E-state index in [1.807, 2.05) is 13.0 Å². The Bertz CT molecular complexity index is 529. The van der Waals surface area contributed by atoms with Crippen molar-refractivity contribution >= 4 is 0 Å². The second-order valence-corrected chi connectivity index (χ2v) is 5.04. The average molecular weight is 241 g/mol. The Morgan fingerprint density at radius 3 is 2.94 bits per heavy atom. The average Bonchev–Trinajstić information content (AvgIpc) is 2.82. The number of nitrogens with one attached hydrogen (secondary N) is 1. The first-order chi connectivity index (χ1) is 8.83. The molecule has 0 aliphatic heterocycles. The van der Waals surface area contributed by atoms with Crippen LogP contribution in [0.3, 0.4) is 0 Å². The molecule has 1 atom stereocenters. The van der Waals surface area contributed by atoms with Gasteiger partial charge in [-0.05, 0) is 49.4 Å². The van der Waals surface area contributed by atoms with E-state index in [2.05, 4.69) is 35.6 Å². The van der Waals surface area contributed by atoms with Crippen LogP contribution in [-0.4, -0.2) is 0 Å². The minimum absolute atomic E-state index is 0.473. The predicted molar refractivity (Wildman–Crippen MR) is 72.4 cm³/mol. The van der Waals surface area contributed by atoms with Crippen molar-refractivity contribution in [1.29, 1.82) is 0 Å². The van der Waals surface area contributed by atoms with E-state index in [1.54, 1.807) is 0 Å². The number of hydrogen-bond acceptors (Lipinski definition) is 2. The number of aryl methyl sites for hydroxylation is 2. The van der Waals surface area contributed by atoms with E-state index in [-0.39, 0.29) is 0 Å².